The second-order valence-electron chi connectivity index (χ2n) is 10.9. The number of hydrogen-bond acceptors (Lipinski definition) is 10. The molecule has 0 radical (unpaired) electrons. The number of rotatable bonds is 5. The molecular formula is C27H44N10O7. The van der Waals surface area contributed by atoms with E-state index in [9.17, 15) is 33.9 Å². The monoisotopic (exact) mass is 620 g/mol. The van der Waals surface area contributed by atoms with Crippen molar-refractivity contribution in [2.24, 2.45) is 0 Å². The minimum absolute atomic E-state index is 0.0285. The van der Waals surface area contributed by atoms with Crippen LogP contribution in [0.3, 0.4) is 0 Å². The second-order valence-corrected chi connectivity index (χ2v) is 10.9. The van der Waals surface area contributed by atoms with Gasteiger partial charge in [0.15, 0.2) is 0 Å². The number of fused-ring (bicyclic) bond motifs is 3. The van der Waals surface area contributed by atoms with Crippen molar-refractivity contribution in [2.75, 3.05) is 59.4 Å². The standard InChI is InChI=1S/C27H44N10O7/c1-28-15-24(40)32-20-5-2-3-9-29-22(38)8-7-19-17-36(34-33-19)14-13-35(18-25(41)42)12-10-30-23(39)16-31-26(43)21-6-4-11-37(21)27(20)44/h17,20-21,28H,2-16,18H2,1H3,(H,29,38)(H,30,39)(H,31,43)(H,32,40)(H,41,42)/t20?,21-/m0/s1. The topological polar surface area (TPSA) is 220 Å². The molecule has 1 aromatic rings. The SMILES string of the molecule is CNCC(=O)NC1CCCCNC(=O)CCc2cn(nn2)CCN(CC(=O)O)CCNC(=O)CNC(=O)[C@@H]2CCCN2C1=O. The van der Waals surface area contributed by atoms with Crippen LogP contribution in [-0.2, 0) is 41.7 Å². The van der Waals surface area contributed by atoms with Crippen molar-refractivity contribution < 1.29 is 33.9 Å². The van der Waals surface area contributed by atoms with Gasteiger partial charge in [-0.1, -0.05) is 5.21 Å². The van der Waals surface area contributed by atoms with Gasteiger partial charge in [-0.05, 0) is 39.2 Å². The Kier molecular flexibility index (Phi) is 14.0. The van der Waals surface area contributed by atoms with Crippen molar-refractivity contribution >= 4 is 35.5 Å². The molecule has 5 amide bonds. The zero-order valence-electron chi connectivity index (χ0n) is 25.2. The lowest BCUT2D eigenvalue weighted by atomic mass is 10.1. The van der Waals surface area contributed by atoms with E-state index in [1.807, 2.05) is 0 Å². The molecule has 1 fully saturated rings. The summed E-state index contributed by atoms with van der Waals surface area (Å²) in [6.45, 7) is 1.34. The molecule has 2 atom stereocenters. The highest BCUT2D eigenvalue weighted by Crippen LogP contribution is 2.20. The van der Waals surface area contributed by atoms with E-state index in [0.29, 0.717) is 70.4 Å². The van der Waals surface area contributed by atoms with E-state index < -0.39 is 29.9 Å². The zero-order chi connectivity index (χ0) is 31.9. The van der Waals surface area contributed by atoms with E-state index in [2.05, 4.69) is 36.9 Å². The highest BCUT2D eigenvalue weighted by atomic mass is 16.4. The summed E-state index contributed by atoms with van der Waals surface area (Å²) in [5.74, 6) is -2.79. The highest BCUT2D eigenvalue weighted by molar-refractivity contribution is 5.94. The molecule has 0 aliphatic carbocycles. The van der Waals surface area contributed by atoms with Gasteiger partial charge in [0.2, 0.25) is 29.5 Å². The van der Waals surface area contributed by atoms with Crippen LogP contribution in [0, 0.1) is 0 Å². The Hall–Kier alpha value is -4.12. The second kappa shape index (κ2) is 17.9. The maximum Gasteiger partial charge on any atom is 0.317 e. The number of aromatic nitrogens is 3. The third kappa shape index (κ3) is 11.5. The summed E-state index contributed by atoms with van der Waals surface area (Å²) < 4.78 is 1.58. The van der Waals surface area contributed by atoms with E-state index in [-0.39, 0.29) is 56.9 Å². The summed E-state index contributed by atoms with van der Waals surface area (Å²) in [7, 11) is 1.62. The third-order valence-corrected chi connectivity index (χ3v) is 7.42. The maximum absolute atomic E-state index is 13.5. The number of hydrogen-bond donors (Lipinski definition) is 6. The number of carboxylic acids is 1. The van der Waals surface area contributed by atoms with Gasteiger partial charge in [0.05, 0.1) is 31.9 Å². The third-order valence-electron chi connectivity index (χ3n) is 7.42. The first kappa shape index (κ1) is 34.4. The van der Waals surface area contributed by atoms with Gasteiger partial charge < -0.3 is 36.6 Å². The predicted octanol–water partition coefficient (Wildman–Crippen LogP) is -3.17. The number of nitrogens with zero attached hydrogens (tertiary/aromatic N) is 5. The van der Waals surface area contributed by atoms with E-state index in [1.54, 1.807) is 22.8 Å². The molecular weight excluding hydrogens is 576 g/mol. The van der Waals surface area contributed by atoms with Crippen molar-refractivity contribution in [3.8, 4) is 0 Å². The lowest BCUT2D eigenvalue weighted by Gasteiger charge is -2.29. The van der Waals surface area contributed by atoms with E-state index >= 15 is 0 Å². The lowest BCUT2D eigenvalue weighted by molar-refractivity contribution is -0.141. The summed E-state index contributed by atoms with van der Waals surface area (Å²) in [5.41, 5.74) is 0.628. The molecule has 6 N–H and O–H groups in total. The molecule has 2 aliphatic rings. The Labute approximate surface area is 255 Å². The highest BCUT2D eigenvalue weighted by Gasteiger charge is 2.37. The fourth-order valence-corrected chi connectivity index (χ4v) is 5.17. The van der Waals surface area contributed by atoms with E-state index in [4.69, 9.17) is 0 Å². The molecule has 0 spiro atoms. The van der Waals surface area contributed by atoms with Gasteiger partial charge in [-0.2, -0.15) is 0 Å². The number of aryl methyl sites for hydroxylation is 1. The largest absolute Gasteiger partial charge is 0.480 e. The van der Waals surface area contributed by atoms with Crippen molar-refractivity contribution in [1.29, 1.82) is 0 Å². The Morgan fingerprint density at radius 2 is 1.75 bits per heavy atom. The zero-order valence-corrected chi connectivity index (χ0v) is 25.2. The van der Waals surface area contributed by atoms with Gasteiger partial charge in [-0.3, -0.25) is 38.3 Å². The summed E-state index contributed by atoms with van der Waals surface area (Å²) in [6, 6.07) is -1.61. The average Bonchev–Trinajstić information content (AvgIpc) is 3.66. The van der Waals surface area contributed by atoms with E-state index in [1.165, 1.54) is 4.90 Å². The Morgan fingerprint density at radius 1 is 0.955 bits per heavy atom. The molecule has 17 nitrogen and oxygen atoms in total. The van der Waals surface area contributed by atoms with Gasteiger partial charge in [0, 0.05) is 51.8 Å². The molecule has 17 heteroatoms. The van der Waals surface area contributed by atoms with Gasteiger partial charge in [0.1, 0.15) is 12.1 Å². The number of nitrogens with one attached hydrogen (secondary N) is 5. The molecule has 1 unspecified atom stereocenters. The Bertz CT molecular complexity index is 1160. The van der Waals surface area contributed by atoms with Crippen LogP contribution in [0.5, 0.6) is 0 Å². The average molecular weight is 621 g/mol. The van der Waals surface area contributed by atoms with Gasteiger partial charge in [0.25, 0.3) is 0 Å². The van der Waals surface area contributed by atoms with Crippen molar-refractivity contribution in [3.05, 3.63) is 11.9 Å². The molecule has 44 heavy (non-hydrogen) atoms. The predicted molar refractivity (Wildman–Crippen MR) is 156 cm³/mol. The van der Waals surface area contributed by atoms with Crippen LogP contribution < -0.4 is 26.6 Å². The van der Waals surface area contributed by atoms with Crippen LogP contribution >= 0.6 is 0 Å². The Balaban J connectivity index is 1.69. The molecule has 3 heterocycles. The molecule has 3 rings (SSSR count). The van der Waals surface area contributed by atoms with Crippen LogP contribution in [0.25, 0.3) is 0 Å². The molecule has 0 saturated carbocycles. The molecule has 244 valence electrons. The normalized spacial score (nSPS) is 22.5. The van der Waals surface area contributed by atoms with Crippen molar-refractivity contribution in [1.82, 2.24) is 51.4 Å². The fraction of sp³-hybridized carbons (Fsp3) is 0.704. The summed E-state index contributed by atoms with van der Waals surface area (Å²) in [5, 5.41) is 31.1. The molecule has 1 saturated heterocycles. The van der Waals surface area contributed by atoms with Crippen LogP contribution in [0.2, 0.25) is 0 Å². The van der Waals surface area contributed by atoms with Gasteiger partial charge in [-0.15, -0.1) is 5.10 Å². The maximum atomic E-state index is 13.5. The summed E-state index contributed by atoms with van der Waals surface area (Å²) >= 11 is 0. The quantitative estimate of drug-likeness (QED) is 0.193. The number of carbonyl (C=O) groups is 6. The minimum Gasteiger partial charge on any atom is -0.480 e. The summed E-state index contributed by atoms with van der Waals surface area (Å²) in [4.78, 5) is 78.1. The molecule has 2 bridgehead atoms. The number of amides is 5. The smallest absolute Gasteiger partial charge is 0.317 e. The number of carboxylic acid groups (broad SMARTS) is 1. The van der Waals surface area contributed by atoms with E-state index in [0.717, 1.165) is 0 Å². The van der Waals surface area contributed by atoms with Gasteiger partial charge >= 0.3 is 5.97 Å². The van der Waals surface area contributed by atoms with Crippen LogP contribution in [0.15, 0.2) is 6.20 Å². The molecule has 2 aliphatic heterocycles. The Morgan fingerprint density at radius 3 is 2.52 bits per heavy atom. The number of aliphatic carboxylic acids is 1. The number of carbonyl (C=O) groups excluding carboxylic acids is 5. The fourth-order valence-electron chi connectivity index (χ4n) is 5.17. The van der Waals surface area contributed by atoms with Crippen molar-refractivity contribution in [3.63, 3.8) is 0 Å². The first-order valence-electron chi connectivity index (χ1n) is 15.0. The minimum atomic E-state index is -1.02. The molecule has 1 aromatic heterocycles. The number of likely N-dealkylation sites (N-methyl/N-ethyl adjacent to an activating group) is 1. The van der Waals surface area contributed by atoms with Crippen LogP contribution in [0.4, 0.5) is 0 Å². The molecule has 0 aromatic carbocycles. The first-order chi connectivity index (χ1) is 21.2. The first-order valence-corrected chi connectivity index (χ1v) is 15.0. The lowest BCUT2D eigenvalue weighted by Crippen LogP contribution is -2.55. The summed E-state index contributed by atoms with van der Waals surface area (Å²) in [6.07, 6.45) is 4.81. The van der Waals surface area contributed by atoms with Crippen LogP contribution in [0.1, 0.15) is 44.2 Å². The van der Waals surface area contributed by atoms with Gasteiger partial charge in [-0.25, -0.2) is 0 Å². The van der Waals surface area contributed by atoms with Crippen LogP contribution in [-0.4, -0.2) is 137 Å². The van der Waals surface area contributed by atoms with Crippen molar-refractivity contribution in [2.45, 2.75) is 63.6 Å².